The molecule has 0 aliphatic carbocycles. The average Bonchev–Trinajstić information content (AvgIpc) is 3.10. The molecule has 0 amide bonds. The zero-order valence-corrected chi connectivity index (χ0v) is 22.0. The third-order valence-corrected chi connectivity index (χ3v) is 8.26. The smallest absolute Gasteiger partial charge is 0.0790 e. The van der Waals surface area contributed by atoms with Crippen LogP contribution in [0.2, 0.25) is 5.02 Å². The molecular formula is C32H39ClN2O. The Morgan fingerprint density at radius 3 is 2.39 bits per heavy atom. The first-order chi connectivity index (χ1) is 17.6. The lowest BCUT2D eigenvalue weighted by Crippen LogP contribution is -2.33. The SMILES string of the molecule is OC(CCC1CCN(Cc2cccc(Cl)c2)CC1)c1ccc2c(c1)CN(Cc1ccccc1)CCC2. The van der Waals surface area contributed by atoms with Crippen LogP contribution in [0.25, 0.3) is 0 Å². The largest absolute Gasteiger partial charge is 0.388 e. The lowest BCUT2D eigenvalue weighted by Gasteiger charge is -2.32. The van der Waals surface area contributed by atoms with E-state index in [-0.39, 0.29) is 6.10 Å². The molecule has 1 fully saturated rings. The molecule has 4 heteroatoms. The van der Waals surface area contributed by atoms with Crippen LogP contribution in [0.3, 0.4) is 0 Å². The second kappa shape index (κ2) is 12.4. The summed E-state index contributed by atoms with van der Waals surface area (Å²) >= 11 is 6.15. The van der Waals surface area contributed by atoms with E-state index in [2.05, 4.69) is 70.5 Å². The Morgan fingerprint density at radius 2 is 1.58 bits per heavy atom. The number of benzene rings is 3. The molecule has 2 aliphatic heterocycles. The fraction of sp³-hybridized carbons (Fsp3) is 0.438. The van der Waals surface area contributed by atoms with Crippen molar-refractivity contribution in [2.24, 2.45) is 5.92 Å². The third-order valence-electron chi connectivity index (χ3n) is 8.03. The first-order valence-electron chi connectivity index (χ1n) is 13.7. The maximum absolute atomic E-state index is 11.1. The summed E-state index contributed by atoms with van der Waals surface area (Å²) in [5.74, 6) is 0.706. The zero-order valence-electron chi connectivity index (χ0n) is 21.3. The monoisotopic (exact) mass is 502 g/mol. The van der Waals surface area contributed by atoms with Crippen molar-refractivity contribution in [2.75, 3.05) is 19.6 Å². The van der Waals surface area contributed by atoms with Gasteiger partial charge in [-0.2, -0.15) is 0 Å². The Bertz CT molecular complexity index is 1110. The number of aryl methyl sites for hydroxylation is 1. The molecule has 2 aliphatic rings. The Kier molecular flexibility index (Phi) is 8.76. The van der Waals surface area contributed by atoms with Crippen molar-refractivity contribution in [3.05, 3.63) is 106 Å². The highest BCUT2D eigenvalue weighted by Gasteiger charge is 2.22. The van der Waals surface area contributed by atoms with Gasteiger partial charge in [-0.25, -0.2) is 0 Å². The minimum atomic E-state index is -0.370. The topological polar surface area (TPSA) is 26.7 Å². The summed E-state index contributed by atoms with van der Waals surface area (Å²) in [6.45, 7) is 6.31. The molecule has 36 heavy (non-hydrogen) atoms. The van der Waals surface area contributed by atoms with Crippen molar-refractivity contribution in [1.29, 1.82) is 0 Å². The van der Waals surface area contributed by atoms with Crippen molar-refractivity contribution in [3.8, 4) is 0 Å². The van der Waals surface area contributed by atoms with Gasteiger partial charge in [0, 0.05) is 24.7 Å². The lowest BCUT2D eigenvalue weighted by atomic mass is 9.89. The van der Waals surface area contributed by atoms with Crippen molar-refractivity contribution in [3.63, 3.8) is 0 Å². The highest BCUT2D eigenvalue weighted by molar-refractivity contribution is 6.30. The number of fused-ring (bicyclic) bond motifs is 1. The van der Waals surface area contributed by atoms with Crippen LogP contribution >= 0.6 is 11.6 Å². The van der Waals surface area contributed by atoms with E-state index in [0.717, 1.165) is 69.1 Å². The molecule has 0 bridgehead atoms. The Balaban J connectivity index is 1.11. The second-order valence-corrected chi connectivity index (χ2v) is 11.2. The standard InChI is InChI=1S/C32H39ClN2O/c33-31-10-4-8-27(20-31)23-34-18-15-25(16-19-34)11-14-32(36)29-13-12-28-9-5-17-35(24-30(28)21-29)22-26-6-2-1-3-7-26/h1-4,6-8,10,12-13,20-21,25,32,36H,5,9,11,14-19,22-24H2. The summed E-state index contributed by atoms with van der Waals surface area (Å²) in [4.78, 5) is 5.08. The summed E-state index contributed by atoms with van der Waals surface area (Å²) in [5.41, 5.74) is 6.61. The molecule has 0 radical (unpaired) electrons. The molecule has 190 valence electrons. The highest BCUT2D eigenvalue weighted by Crippen LogP contribution is 2.30. The number of rotatable bonds is 8. The van der Waals surface area contributed by atoms with Crippen LogP contribution in [0.5, 0.6) is 0 Å². The van der Waals surface area contributed by atoms with Crippen LogP contribution in [0.15, 0.2) is 72.8 Å². The minimum absolute atomic E-state index is 0.370. The summed E-state index contributed by atoms with van der Waals surface area (Å²) in [6, 6.07) is 25.7. The van der Waals surface area contributed by atoms with Gasteiger partial charge in [-0.3, -0.25) is 9.80 Å². The quantitative estimate of drug-likeness (QED) is 0.358. The van der Waals surface area contributed by atoms with Gasteiger partial charge in [-0.1, -0.05) is 72.3 Å². The maximum atomic E-state index is 11.1. The number of aliphatic hydroxyl groups is 1. The summed E-state index contributed by atoms with van der Waals surface area (Å²) < 4.78 is 0. The molecular weight excluding hydrogens is 464 g/mol. The van der Waals surface area contributed by atoms with E-state index in [0.29, 0.717) is 5.92 Å². The maximum Gasteiger partial charge on any atom is 0.0790 e. The molecule has 0 spiro atoms. The number of nitrogens with zero attached hydrogens (tertiary/aromatic N) is 2. The predicted octanol–water partition coefficient (Wildman–Crippen LogP) is 7.01. The zero-order chi connectivity index (χ0) is 24.7. The van der Waals surface area contributed by atoms with Crippen molar-refractivity contribution < 1.29 is 5.11 Å². The van der Waals surface area contributed by atoms with Gasteiger partial charge in [-0.05, 0) is 104 Å². The molecule has 1 atom stereocenters. The fourth-order valence-electron chi connectivity index (χ4n) is 5.92. The van der Waals surface area contributed by atoms with Crippen molar-refractivity contribution >= 4 is 11.6 Å². The molecule has 3 aromatic rings. The van der Waals surface area contributed by atoms with Crippen LogP contribution in [-0.2, 0) is 26.1 Å². The van der Waals surface area contributed by atoms with E-state index in [1.165, 1.54) is 41.5 Å². The first kappa shape index (κ1) is 25.5. The van der Waals surface area contributed by atoms with Gasteiger partial charge in [0.1, 0.15) is 0 Å². The molecule has 5 rings (SSSR count). The molecule has 0 aromatic heterocycles. The van der Waals surface area contributed by atoms with Crippen LogP contribution in [-0.4, -0.2) is 34.5 Å². The Hall–Kier alpha value is -2.17. The van der Waals surface area contributed by atoms with Crippen molar-refractivity contribution in [2.45, 2.75) is 64.3 Å². The van der Waals surface area contributed by atoms with Gasteiger partial charge in [-0.15, -0.1) is 0 Å². The molecule has 3 aromatic carbocycles. The number of hydrogen-bond donors (Lipinski definition) is 1. The molecule has 3 nitrogen and oxygen atoms in total. The Morgan fingerprint density at radius 1 is 0.806 bits per heavy atom. The summed E-state index contributed by atoms with van der Waals surface area (Å²) in [5, 5.41) is 11.9. The number of hydrogen-bond acceptors (Lipinski definition) is 3. The lowest BCUT2D eigenvalue weighted by molar-refractivity contribution is 0.132. The molecule has 1 unspecified atom stereocenters. The second-order valence-electron chi connectivity index (χ2n) is 10.8. The van der Waals surface area contributed by atoms with E-state index >= 15 is 0 Å². The number of piperidine rings is 1. The molecule has 1 N–H and O–H groups in total. The van der Waals surface area contributed by atoms with Gasteiger partial charge in [0.25, 0.3) is 0 Å². The van der Waals surface area contributed by atoms with Crippen LogP contribution in [0.1, 0.15) is 66.0 Å². The van der Waals surface area contributed by atoms with Gasteiger partial charge in [0.05, 0.1) is 6.10 Å². The number of aliphatic hydroxyl groups excluding tert-OH is 1. The van der Waals surface area contributed by atoms with E-state index in [9.17, 15) is 5.11 Å². The number of halogens is 1. The van der Waals surface area contributed by atoms with Gasteiger partial charge >= 0.3 is 0 Å². The summed E-state index contributed by atoms with van der Waals surface area (Å²) in [7, 11) is 0. The van der Waals surface area contributed by atoms with E-state index in [4.69, 9.17) is 11.6 Å². The number of likely N-dealkylation sites (tertiary alicyclic amines) is 1. The minimum Gasteiger partial charge on any atom is -0.388 e. The van der Waals surface area contributed by atoms with E-state index in [1.807, 2.05) is 12.1 Å². The molecule has 2 heterocycles. The van der Waals surface area contributed by atoms with Crippen molar-refractivity contribution in [1.82, 2.24) is 9.80 Å². The normalized spacial score (nSPS) is 18.5. The van der Waals surface area contributed by atoms with E-state index in [1.54, 1.807) is 0 Å². The average molecular weight is 503 g/mol. The fourth-order valence-corrected chi connectivity index (χ4v) is 6.13. The molecule has 1 saturated heterocycles. The van der Waals surface area contributed by atoms with Gasteiger partial charge in [0.15, 0.2) is 0 Å². The molecule has 0 saturated carbocycles. The Labute approximate surface area is 221 Å². The van der Waals surface area contributed by atoms with E-state index < -0.39 is 0 Å². The van der Waals surface area contributed by atoms with Gasteiger partial charge in [0.2, 0.25) is 0 Å². The third kappa shape index (κ3) is 6.98. The van der Waals surface area contributed by atoms with Crippen LogP contribution in [0.4, 0.5) is 0 Å². The van der Waals surface area contributed by atoms with Crippen LogP contribution < -0.4 is 0 Å². The van der Waals surface area contributed by atoms with Gasteiger partial charge < -0.3 is 5.11 Å². The van der Waals surface area contributed by atoms with Crippen LogP contribution in [0, 0.1) is 5.92 Å². The first-order valence-corrected chi connectivity index (χ1v) is 14.0. The summed E-state index contributed by atoms with van der Waals surface area (Å²) in [6.07, 6.45) is 6.33. The predicted molar refractivity (Wildman–Crippen MR) is 149 cm³/mol. The highest BCUT2D eigenvalue weighted by atomic mass is 35.5.